The van der Waals surface area contributed by atoms with Gasteiger partial charge in [0, 0.05) is 51.3 Å². The van der Waals surface area contributed by atoms with Gasteiger partial charge in [-0.15, -0.1) is 0 Å². The molecule has 0 spiro atoms. The third-order valence-electron chi connectivity index (χ3n) is 5.90. The summed E-state index contributed by atoms with van der Waals surface area (Å²) in [7, 11) is -2.31. The molecule has 0 saturated carbocycles. The van der Waals surface area contributed by atoms with Crippen LogP contribution in [-0.4, -0.2) is 61.8 Å². The molecule has 2 aromatic rings. The number of hydrogen-bond donors (Lipinski definition) is 0. The van der Waals surface area contributed by atoms with Gasteiger partial charge < -0.3 is 9.64 Å². The summed E-state index contributed by atoms with van der Waals surface area (Å²) in [5.41, 5.74) is 1.20. The Bertz CT molecular complexity index is 1080. The standard InChI is InChI=1S/C23H29N3O6S/c1-18-8-9-21(26(28)29)16-22(18)33(30,31)25-12-10-20(11-13-25)23(27)24(14-15-32-2)17-19-6-4-3-5-7-19/h3-9,16,20H,10-15,17H2,1-2H3. The number of non-ortho nitro benzene ring substituents is 1. The number of nitrogens with zero attached hydrogens (tertiary/aromatic N) is 3. The molecule has 9 nitrogen and oxygen atoms in total. The van der Waals surface area contributed by atoms with Crippen molar-refractivity contribution in [2.24, 2.45) is 5.92 Å². The van der Waals surface area contributed by atoms with Crippen molar-refractivity contribution >= 4 is 21.6 Å². The van der Waals surface area contributed by atoms with Gasteiger partial charge in [0.1, 0.15) is 0 Å². The minimum Gasteiger partial charge on any atom is -0.383 e. The highest BCUT2D eigenvalue weighted by Gasteiger charge is 2.35. The van der Waals surface area contributed by atoms with Gasteiger partial charge in [-0.2, -0.15) is 4.31 Å². The lowest BCUT2D eigenvalue weighted by Crippen LogP contribution is -2.45. The van der Waals surface area contributed by atoms with E-state index in [1.165, 1.54) is 16.4 Å². The summed E-state index contributed by atoms with van der Waals surface area (Å²) in [6, 6.07) is 13.5. The quantitative estimate of drug-likeness (QED) is 0.407. The van der Waals surface area contributed by atoms with Gasteiger partial charge >= 0.3 is 0 Å². The first-order chi connectivity index (χ1) is 15.7. The van der Waals surface area contributed by atoms with Crippen LogP contribution in [0.1, 0.15) is 24.0 Å². The summed E-state index contributed by atoms with van der Waals surface area (Å²) in [5, 5.41) is 11.1. The third kappa shape index (κ3) is 5.95. The van der Waals surface area contributed by atoms with E-state index in [0.717, 1.165) is 11.6 Å². The molecular formula is C23H29N3O6S. The highest BCUT2D eigenvalue weighted by atomic mass is 32.2. The lowest BCUT2D eigenvalue weighted by atomic mass is 9.96. The van der Waals surface area contributed by atoms with Gasteiger partial charge in [0.05, 0.1) is 16.4 Å². The number of benzene rings is 2. The van der Waals surface area contributed by atoms with Crippen molar-refractivity contribution in [3.05, 3.63) is 69.8 Å². The van der Waals surface area contributed by atoms with Crippen LogP contribution < -0.4 is 0 Å². The zero-order chi connectivity index (χ0) is 24.0. The predicted molar refractivity (Wildman–Crippen MR) is 123 cm³/mol. The third-order valence-corrected chi connectivity index (χ3v) is 7.94. The molecule has 1 amide bonds. The minimum atomic E-state index is -3.90. The highest BCUT2D eigenvalue weighted by Crippen LogP contribution is 2.29. The van der Waals surface area contributed by atoms with Crippen molar-refractivity contribution < 1.29 is 22.9 Å². The van der Waals surface area contributed by atoms with Crippen molar-refractivity contribution in [1.82, 2.24) is 9.21 Å². The van der Waals surface area contributed by atoms with Crippen LogP contribution in [-0.2, 0) is 26.1 Å². The SMILES string of the molecule is COCCN(Cc1ccccc1)C(=O)C1CCN(S(=O)(=O)c2cc([N+](=O)[O-])ccc2C)CC1. The summed E-state index contributed by atoms with van der Waals surface area (Å²) >= 11 is 0. The van der Waals surface area contributed by atoms with Crippen LogP contribution in [0.4, 0.5) is 5.69 Å². The Labute approximate surface area is 194 Å². The summed E-state index contributed by atoms with van der Waals surface area (Å²) < 4.78 is 32.8. The Morgan fingerprint density at radius 2 is 1.85 bits per heavy atom. The molecule has 0 bridgehead atoms. The molecule has 178 valence electrons. The second-order valence-corrected chi connectivity index (χ2v) is 10.0. The van der Waals surface area contributed by atoms with Crippen LogP contribution in [0.15, 0.2) is 53.4 Å². The van der Waals surface area contributed by atoms with Crippen molar-refractivity contribution in [3.63, 3.8) is 0 Å². The van der Waals surface area contributed by atoms with Gasteiger partial charge in [-0.1, -0.05) is 36.4 Å². The number of sulfonamides is 1. The number of rotatable bonds is 9. The van der Waals surface area contributed by atoms with Gasteiger partial charge in [-0.05, 0) is 30.9 Å². The van der Waals surface area contributed by atoms with E-state index in [9.17, 15) is 23.3 Å². The second-order valence-electron chi connectivity index (χ2n) is 8.12. The number of carbonyl (C=O) groups excluding carboxylic acids is 1. The Kier molecular flexibility index (Phi) is 8.17. The molecule has 1 heterocycles. The van der Waals surface area contributed by atoms with Crippen LogP contribution in [0.25, 0.3) is 0 Å². The average Bonchev–Trinajstić information content (AvgIpc) is 2.82. The molecule has 2 aromatic carbocycles. The van der Waals surface area contributed by atoms with Crippen molar-refractivity contribution in [2.45, 2.75) is 31.2 Å². The number of amides is 1. The largest absolute Gasteiger partial charge is 0.383 e. The smallest absolute Gasteiger partial charge is 0.270 e. The van der Waals surface area contributed by atoms with E-state index in [4.69, 9.17) is 4.74 Å². The van der Waals surface area contributed by atoms with Gasteiger partial charge in [0.25, 0.3) is 5.69 Å². The lowest BCUT2D eigenvalue weighted by molar-refractivity contribution is -0.385. The molecule has 0 radical (unpaired) electrons. The Hall–Kier alpha value is -2.82. The normalized spacial score (nSPS) is 15.3. The number of piperidine rings is 1. The van der Waals surface area contributed by atoms with E-state index in [2.05, 4.69) is 0 Å². The van der Waals surface area contributed by atoms with E-state index in [1.807, 2.05) is 30.3 Å². The fourth-order valence-corrected chi connectivity index (χ4v) is 5.71. The van der Waals surface area contributed by atoms with Crippen LogP contribution in [0.3, 0.4) is 0 Å². The number of carbonyl (C=O) groups is 1. The first-order valence-corrected chi connectivity index (χ1v) is 12.2. The average molecular weight is 476 g/mol. The predicted octanol–water partition coefficient (Wildman–Crippen LogP) is 2.98. The Balaban J connectivity index is 1.70. The first-order valence-electron chi connectivity index (χ1n) is 10.8. The molecule has 0 aliphatic carbocycles. The Morgan fingerprint density at radius 1 is 1.18 bits per heavy atom. The van der Waals surface area contributed by atoms with Crippen LogP contribution >= 0.6 is 0 Å². The summed E-state index contributed by atoms with van der Waals surface area (Å²) in [6.07, 6.45) is 0.786. The number of ether oxygens (including phenoxy) is 1. The Morgan fingerprint density at radius 3 is 2.45 bits per heavy atom. The molecule has 3 rings (SSSR count). The van der Waals surface area contributed by atoms with Crippen LogP contribution in [0.5, 0.6) is 0 Å². The van der Waals surface area contributed by atoms with E-state index in [0.29, 0.717) is 38.1 Å². The number of nitro groups is 1. The second kappa shape index (κ2) is 10.9. The number of hydrogen-bond acceptors (Lipinski definition) is 6. The highest BCUT2D eigenvalue weighted by molar-refractivity contribution is 7.89. The van der Waals surface area contributed by atoms with Crippen molar-refractivity contribution in [3.8, 4) is 0 Å². The fourth-order valence-electron chi connectivity index (χ4n) is 3.99. The van der Waals surface area contributed by atoms with Crippen LogP contribution in [0, 0.1) is 23.0 Å². The summed E-state index contributed by atoms with van der Waals surface area (Å²) in [4.78, 5) is 25.4. The van der Waals surface area contributed by atoms with Crippen molar-refractivity contribution in [1.29, 1.82) is 0 Å². The van der Waals surface area contributed by atoms with Gasteiger partial charge in [0.15, 0.2) is 0 Å². The molecule has 0 aromatic heterocycles. The van der Waals surface area contributed by atoms with Gasteiger partial charge in [-0.25, -0.2) is 8.42 Å². The summed E-state index contributed by atoms with van der Waals surface area (Å²) in [6.45, 7) is 3.32. The molecule has 0 unspecified atom stereocenters. The molecule has 1 aliphatic rings. The monoisotopic (exact) mass is 475 g/mol. The molecule has 1 aliphatic heterocycles. The molecule has 0 atom stereocenters. The number of nitro benzene ring substituents is 1. The maximum Gasteiger partial charge on any atom is 0.270 e. The van der Waals surface area contributed by atoms with E-state index in [-0.39, 0.29) is 35.5 Å². The number of aryl methyl sites for hydroxylation is 1. The minimum absolute atomic E-state index is 0.0144. The first kappa shape index (κ1) is 24.8. The topological polar surface area (TPSA) is 110 Å². The zero-order valence-electron chi connectivity index (χ0n) is 18.8. The number of methoxy groups -OCH3 is 1. The molecule has 33 heavy (non-hydrogen) atoms. The maximum absolute atomic E-state index is 13.2. The van der Waals surface area contributed by atoms with Gasteiger partial charge in [0.2, 0.25) is 15.9 Å². The molecule has 0 N–H and O–H groups in total. The van der Waals surface area contributed by atoms with Gasteiger partial charge in [-0.3, -0.25) is 14.9 Å². The van der Waals surface area contributed by atoms with Crippen molar-refractivity contribution in [2.75, 3.05) is 33.4 Å². The van der Waals surface area contributed by atoms with E-state index in [1.54, 1.807) is 18.9 Å². The van der Waals surface area contributed by atoms with Crippen LogP contribution in [0.2, 0.25) is 0 Å². The zero-order valence-corrected chi connectivity index (χ0v) is 19.7. The molecule has 1 saturated heterocycles. The molecule has 1 fully saturated rings. The lowest BCUT2D eigenvalue weighted by Gasteiger charge is -2.34. The molecular weight excluding hydrogens is 446 g/mol. The van der Waals surface area contributed by atoms with E-state index >= 15 is 0 Å². The van der Waals surface area contributed by atoms with E-state index < -0.39 is 14.9 Å². The fraction of sp³-hybridized carbons (Fsp3) is 0.435. The molecule has 10 heteroatoms. The summed E-state index contributed by atoms with van der Waals surface area (Å²) in [5.74, 6) is -0.303. The maximum atomic E-state index is 13.2.